The molecule has 1 fully saturated rings. The molecule has 2 aromatic heterocycles. The molecule has 0 spiro atoms. The minimum absolute atomic E-state index is 0. The normalized spacial score (nSPS) is 16.9. The molecule has 2 atom stereocenters. The SMILES string of the molecule is Cc1ccc2nc(C(=O)Nc3ccc4oc(=O)[nH]c4c3)nc(N[C@H]3CCCC[C@H]3N=C(N)N)c2c1.Cl.Cl. The number of amides is 1. The van der Waals surface area contributed by atoms with E-state index in [1.807, 2.05) is 25.1 Å². The van der Waals surface area contributed by atoms with Gasteiger partial charge < -0.3 is 26.5 Å². The van der Waals surface area contributed by atoms with Crippen molar-refractivity contribution < 1.29 is 9.21 Å². The van der Waals surface area contributed by atoms with Crippen LogP contribution in [0.4, 0.5) is 11.5 Å². The first-order chi connectivity index (χ1) is 16.9. The van der Waals surface area contributed by atoms with Crippen LogP contribution in [-0.2, 0) is 0 Å². The third-order valence-corrected chi connectivity index (χ3v) is 6.10. The van der Waals surface area contributed by atoms with Gasteiger partial charge in [0.1, 0.15) is 5.82 Å². The maximum Gasteiger partial charge on any atom is 0.417 e. The van der Waals surface area contributed by atoms with E-state index in [9.17, 15) is 9.59 Å². The maximum absolute atomic E-state index is 13.1. The molecule has 1 amide bonds. The number of fused-ring (bicyclic) bond motifs is 2. The smallest absolute Gasteiger partial charge is 0.408 e. The second-order valence-corrected chi connectivity index (χ2v) is 8.75. The zero-order valence-electron chi connectivity index (χ0n) is 20.0. The summed E-state index contributed by atoms with van der Waals surface area (Å²) in [6.07, 6.45) is 3.83. The molecular weight excluding hydrogens is 519 g/mol. The van der Waals surface area contributed by atoms with E-state index >= 15 is 0 Å². The summed E-state index contributed by atoms with van der Waals surface area (Å²) in [5.41, 5.74) is 14.4. The first-order valence-electron chi connectivity index (χ1n) is 11.4. The molecule has 11 nitrogen and oxygen atoms in total. The molecule has 2 heterocycles. The molecule has 0 aliphatic heterocycles. The molecule has 7 N–H and O–H groups in total. The number of benzene rings is 2. The topological polar surface area (TPSA) is 177 Å². The number of nitrogens with one attached hydrogen (secondary N) is 3. The number of carbonyl (C=O) groups is 1. The standard InChI is InChI=1S/C24H26N8O3.2ClH/c1-12-6-8-15-14(10-12)20(29-16-4-2-3-5-17(16)30-23(25)26)32-21(28-15)22(33)27-13-7-9-19-18(11-13)31-24(34)35-19;;/h6-11,16-17H,2-5H2,1H3,(H,27,33)(H,31,34)(H4,25,26,30)(H,28,29,32);2*1H/t16-,17+;;/m0../s1. The highest BCUT2D eigenvalue weighted by Crippen LogP contribution is 2.28. The van der Waals surface area contributed by atoms with Gasteiger partial charge in [-0.25, -0.2) is 19.8 Å². The van der Waals surface area contributed by atoms with Crippen molar-refractivity contribution in [1.82, 2.24) is 15.0 Å². The average Bonchev–Trinajstić information content (AvgIpc) is 3.19. The van der Waals surface area contributed by atoms with Gasteiger partial charge in [-0.2, -0.15) is 0 Å². The van der Waals surface area contributed by atoms with Gasteiger partial charge in [0, 0.05) is 11.1 Å². The number of hydrogen-bond donors (Lipinski definition) is 5. The second kappa shape index (κ2) is 11.5. The Morgan fingerprint density at radius 3 is 2.68 bits per heavy atom. The number of carbonyl (C=O) groups excluding carboxylic acids is 1. The predicted octanol–water partition coefficient (Wildman–Crippen LogP) is 3.47. The Kier molecular flexibility index (Phi) is 8.61. The van der Waals surface area contributed by atoms with Crippen LogP contribution in [0.25, 0.3) is 22.0 Å². The van der Waals surface area contributed by atoms with Crippen LogP contribution in [0.5, 0.6) is 0 Å². The number of aromatic amines is 1. The highest BCUT2D eigenvalue weighted by Gasteiger charge is 2.26. The summed E-state index contributed by atoms with van der Waals surface area (Å²) in [7, 11) is 0. The van der Waals surface area contributed by atoms with Gasteiger partial charge in [-0.15, -0.1) is 24.8 Å². The highest BCUT2D eigenvalue weighted by atomic mass is 35.5. The largest absolute Gasteiger partial charge is 0.417 e. The number of H-pyrrole nitrogens is 1. The summed E-state index contributed by atoms with van der Waals surface area (Å²) in [6, 6.07) is 10.5. The first-order valence-corrected chi connectivity index (χ1v) is 11.4. The van der Waals surface area contributed by atoms with E-state index in [2.05, 4.69) is 30.6 Å². The van der Waals surface area contributed by atoms with Crippen LogP contribution in [0.3, 0.4) is 0 Å². The predicted molar refractivity (Wildman–Crippen MR) is 149 cm³/mol. The zero-order chi connectivity index (χ0) is 24.5. The van der Waals surface area contributed by atoms with Gasteiger partial charge >= 0.3 is 5.76 Å². The Hall–Kier alpha value is -3.83. The van der Waals surface area contributed by atoms with Gasteiger partial charge in [0.2, 0.25) is 5.82 Å². The maximum atomic E-state index is 13.1. The number of oxazole rings is 1. The number of guanidine groups is 1. The van der Waals surface area contributed by atoms with Gasteiger partial charge in [0.25, 0.3) is 5.91 Å². The van der Waals surface area contributed by atoms with E-state index in [-0.39, 0.29) is 48.7 Å². The van der Waals surface area contributed by atoms with Crippen LogP contribution in [-0.4, -0.2) is 38.9 Å². The van der Waals surface area contributed by atoms with Crippen molar-refractivity contribution in [1.29, 1.82) is 0 Å². The number of halogens is 2. The molecule has 0 unspecified atom stereocenters. The zero-order valence-corrected chi connectivity index (χ0v) is 21.6. The van der Waals surface area contributed by atoms with Gasteiger partial charge in [0.15, 0.2) is 11.5 Å². The van der Waals surface area contributed by atoms with Gasteiger partial charge in [-0.05, 0) is 50.1 Å². The highest BCUT2D eigenvalue weighted by molar-refractivity contribution is 6.04. The lowest BCUT2D eigenvalue weighted by Gasteiger charge is -2.30. The Morgan fingerprint density at radius 2 is 1.89 bits per heavy atom. The van der Waals surface area contributed by atoms with E-state index in [1.54, 1.807) is 18.2 Å². The summed E-state index contributed by atoms with van der Waals surface area (Å²) >= 11 is 0. The fourth-order valence-electron chi connectivity index (χ4n) is 4.47. The van der Waals surface area contributed by atoms with Gasteiger partial charge in [0.05, 0.1) is 23.1 Å². The molecule has 2 aromatic carbocycles. The molecule has 37 heavy (non-hydrogen) atoms. The molecule has 1 aliphatic rings. The summed E-state index contributed by atoms with van der Waals surface area (Å²) < 4.78 is 5.01. The molecule has 1 saturated carbocycles. The first kappa shape index (κ1) is 27.8. The van der Waals surface area contributed by atoms with Crippen LogP contribution >= 0.6 is 24.8 Å². The molecule has 13 heteroatoms. The minimum atomic E-state index is -0.561. The van der Waals surface area contributed by atoms with Gasteiger partial charge in [-0.1, -0.05) is 24.5 Å². The fourth-order valence-corrected chi connectivity index (χ4v) is 4.47. The Labute approximate surface area is 224 Å². The van der Waals surface area contributed by atoms with Crippen LogP contribution in [0.1, 0.15) is 41.9 Å². The number of nitrogens with zero attached hydrogens (tertiary/aromatic N) is 3. The lowest BCUT2D eigenvalue weighted by molar-refractivity contribution is 0.101. The quantitative estimate of drug-likeness (QED) is 0.186. The number of aryl methyl sites for hydroxylation is 1. The molecule has 0 saturated heterocycles. The van der Waals surface area contributed by atoms with Crippen molar-refractivity contribution in [3.05, 3.63) is 58.3 Å². The fraction of sp³-hybridized carbons (Fsp3) is 0.292. The van der Waals surface area contributed by atoms with Crippen LogP contribution < -0.4 is 27.9 Å². The summed E-state index contributed by atoms with van der Waals surface area (Å²) in [5.74, 6) is -0.415. The Bertz CT molecular complexity index is 1510. The Morgan fingerprint density at radius 1 is 1.11 bits per heavy atom. The van der Waals surface area contributed by atoms with E-state index in [0.717, 1.165) is 36.6 Å². The van der Waals surface area contributed by atoms with Crippen LogP contribution in [0, 0.1) is 6.92 Å². The molecule has 196 valence electrons. The third kappa shape index (κ3) is 6.12. The van der Waals surface area contributed by atoms with Crippen molar-refractivity contribution in [3.63, 3.8) is 0 Å². The van der Waals surface area contributed by atoms with Crippen molar-refractivity contribution in [2.75, 3.05) is 10.6 Å². The van der Waals surface area contributed by atoms with Gasteiger partial charge in [-0.3, -0.25) is 9.78 Å². The van der Waals surface area contributed by atoms with Crippen molar-refractivity contribution in [2.24, 2.45) is 16.5 Å². The summed E-state index contributed by atoms with van der Waals surface area (Å²) in [4.78, 5) is 40.6. The number of anilines is 2. The average molecular weight is 547 g/mol. The van der Waals surface area contributed by atoms with Crippen molar-refractivity contribution >= 4 is 70.2 Å². The van der Waals surface area contributed by atoms with E-state index in [4.69, 9.17) is 15.9 Å². The van der Waals surface area contributed by atoms with Crippen molar-refractivity contribution in [2.45, 2.75) is 44.7 Å². The number of aliphatic imine (C=N–C) groups is 1. The molecule has 0 radical (unpaired) electrons. The molecule has 5 rings (SSSR count). The monoisotopic (exact) mass is 546 g/mol. The second-order valence-electron chi connectivity index (χ2n) is 8.75. The summed E-state index contributed by atoms with van der Waals surface area (Å²) in [6.45, 7) is 1.99. The lowest BCUT2D eigenvalue weighted by atomic mass is 9.90. The molecule has 0 bridgehead atoms. The minimum Gasteiger partial charge on any atom is -0.408 e. The summed E-state index contributed by atoms with van der Waals surface area (Å²) in [5, 5.41) is 7.10. The van der Waals surface area contributed by atoms with Crippen molar-refractivity contribution in [3.8, 4) is 0 Å². The van der Waals surface area contributed by atoms with E-state index < -0.39 is 11.7 Å². The number of rotatable bonds is 5. The van der Waals surface area contributed by atoms with E-state index in [0.29, 0.717) is 28.1 Å². The van der Waals surface area contributed by atoms with Crippen LogP contribution in [0.15, 0.2) is 50.6 Å². The molecular formula is C24H28Cl2N8O3. The lowest BCUT2D eigenvalue weighted by Crippen LogP contribution is -2.38. The number of hydrogen-bond acceptors (Lipinski definition) is 7. The number of nitrogens with two attached hydrogens (primary N) is 2. The Balaban J connectivity index is 0.00000190. The third-order valence-electron chi connectivity index (χ3n) is 6.10. The molecule has 4 aromatic rings. The van der Waals surface area contributed by atoms with Crippen LogP contribution in [0.2, 0.25) is 0 Å². The van der Waals surface area contributed by atoms with E-state index in [1.165, 1.54) is 0 Å². The molecule has 1 aliphatic carbocycles. The number of aromatic nitrogens is 3.